The molecule has 1 amide bonds. The third-order valence-corrected chi connectivity index (χ3v) is 4.11. The molecular weight excluding hydrogens is 322 g/mol. The van der Waals surface area contributed by atoms with Crippen molar-refractivity contribution in [3.05, 3.63) is 54.6 Å². The number of para-hydroxylation sites is 1. The zero-order chi connectivity index (χ0) is 17.6. The Kier molecular flexibility index (Phi) is 5.18. The first-order valence-electron chi connectivity index (χ1n) is 8.14. The second kappa shape index (κ2) is 7.70. The van der Waals surface area contributed by atoms with Gasteiger partial charge < -0.3 is 19.5 Å². The molecule has 0 radical (unpaired) electrons. The molecule has 6 heteroatoms. The summed E-state index contributed by atoms with van der Waals surface area (Å²) in [5.41, 5.74) is 0. The Morgan fingerprint density at radius 2 is 1.44 bits per heavy atom. The zero-order valence-corrected chi connectivity index (χ0v) is 13.6. The number of amides is 1. The molecule has 0 aromatic heterocycles. The van der Waals surface area contributed by atoms with E-state index in [1.165, 1.54) is 4.90 Å². The van der Waals surface area contributed by atoms with Crippen LogP contribution in [0.15, 0.2) is 54.6 Å². The average Bonchev–Trinajstić information content (AvgIpc) is 2.64. The number of carbonyl (C=O) groups is 2. The topological polar surface area (TPSA) is 76.1 Å². The predicted molar refractivity (Wildman–Crippen MR) is 90.9 cm³/mol. The van der Waals surface area contributed by atoms with Crippen LogP contribution in [0.3, 0.4) is 0 Å². The summed E-state index contributed by atoms with van der Waals surface area (Å²) < 4.78 is 11.0. The maximum absolute atomic E-state index is 12.1. The van der Waals surface area contributed by atoms with Crippen molar-refractivity contribution < 1.29 is 24.2 Å². The Balaban J connectivity index is 1.53. The molecule has 0 saturated carbocycles. The molecule has 0 spiro atoms. The van der Waals surface area contributed by atoms with E-state index >= 15 is 0 Å². The van der Waals surface area contributed by atoms with E-state index in [4.69, 9.17) is 14.6 Å². The summed E-state index contributed by atoms with van der Waals surface area (Å²) in [6, 6.07) is 16.2. The van der Waals surface area contributed by atoms with Gasteiger partial charge >= 0.3 is 12.1 Å². The van der Waals surface area contributed by atoms with Gasteiger partial charge in [-0.1, -0.05) is 18.2 Å². The quantitative estimate of drug-likeness (QED) is 0.916. The van der Waals surface area contributed by atoms with Crippen LogP contribution in [0.1, 0.15) is 12.8 Å². The molecule has 0 bridgehead atoms. The van der Waals surface area contributed by atoms with Crippen LogP contribution < -0.4 is 9.47 Å². The number of carboxylic acids is 1. The molecule has 3 rings (SSSR count). The number of hydrogen-bond acceptors (Lipinski definition) is 4. The number of nitrogens with zero attached hydrogens (tertiary/aromatic N) is 1. The van der Waals surface area contributed by atoms with Gasteiger partial charge in [-0.05, 0) is 49.2 Å². The average molecular weight is 341 g/mol. The van der Waals surface area contributed by atoms with Gasteiger partial charge in [-0.2, -0.15) is 0 Å². The van der Waals surface area contributed by atoms with Crippen molar-refractivity contribution in [2.24, 2.45) is 5.92 Å². The molecule has 130 valence electrons. The Morgan fingerprint density at radius 1 is 0.880 bits per heavy atom. The molecule has 1 aliphatic heterocycles. The summed E-state index contributed by atoms with van der Waals surface area (Å²) in [4.78, 5) is 24.6. The minimum Gasteiger partial charge on any atom is -0.481 e. The smallest absolute Gasteiger partial charge is 0.415 e. The molecule has 6 nitrogen and oxygen atoms in total. The monoisotopic (exact) mass is 341 g/mol. The van der Waals surface area contributed by atoms with E-state index in [-0.39, 0.29) is 5.92 Å². The fraction of sp³-hybridized carbons (Fsp3) is 0.263. The summed E-state index contributed by atoms with van der Waals surface area (Å²) in [7, 11) is 0. The van der Waals surface area contributed by atoms with Gasteiger partial charge in [-0.25, -0.2) is 4.79 Å². The Hall–Kier alpha value is -3.02. The van der Waals surface area contributed by atoms with Gasteiger partial charge in [0, 0.05) is 13.1 Å². The second-order valence-corrected chi connectivity index (χ2v) is 5.85. The number of rotatable bonds is 4. The first-order valence-corrected chi connectivity index (χ1v) is 8.14. The first kappa shape index (κ1) is 16.8. The third-order valence-electron chi connectivity index (χ3n) is 4.11. The second-order valence-electron chi connectivity index (χ2n) is 5.85. The van der Waals surface area contributed by atoms with Crippen molar-refractivity contribution in [1.82, 2.24) is 4.90 Å². The lowest BCUT2D eigenvalue weighted by molar-refractivity contribution is -0.143. The minimum absolute atomic E-state index is 0.376. The van der Waals surface area contributed by atoms with Gasteiger partial charge in [0.2, 0.25) is 0 Å². The lowest BCUT2D eigenvalue weighted by atomic mass is 9.97. The minimum atomic E-state index is -0.804. The number of benzene rings is 2. The molecule has 0 unspecified atom stereocenters. The SMILES string of the molecule is O=C(O)C1CCN(C(=O)Oc2ccc(Oc3ccccc3)cc2)CC1. The van der Waals surface area contributed by atoms with Crippen molar-refractivity contribution in [3.8, 4) is 17.2 Å². The number of hydrogen-bond donors (Lipinski definition) is 1. The van der Waals surface area contributed by atoms with E-state index in [1.54, 1.807) is 24.3 Å². The number of likely N-dealkylation sites (tertiary alicyclic amines) is 1. The normalized spacial score (nSPS) is 14.8. The summed E-state index contributed by atoms with van der Waals surface area (Å²) in [6.45, 7) is 0.788. The Labute approximate surface area is 145 Å². The molecule has 0 atom stereocenters. The largest absolute Gasteiger partial charge is 0.481 e. The lowest BCUT2D eigenvalue weighted by Crippen LogP contribution is -2.41. The van der Waals surface area contributed by atoms with Crippen LogP contribution in [0.4, 0.5) is 4.79 Å². The van der Waals surface area contributed by atoms with E-state index in [1.807, 2.05) is 30.3 Å². The standard InChI is InChI=1S/C19H19NO5/c21-18(22)14-10-12-20(13-11-14)19(23)25-17-8-6-16(7-9-17)24-15-4-2-1-3-5-15/h1-9,14H,10-13H2,(H,21,22). The van der Waals surface area contributed by atoms with Gasteiger partial charge in [0.1, 0.15) is 17.2 Å². The van der Waals surface area contributed by atoms with Gasteiger partial charge in [0.25, 0.3) is 0 Å². The van der Waals surface area contributed by atoms with Gasteiger partial charge in [-0.15, -0.1) is 0 Å². The maximum Gasteiger partial charge on any atom is 0.415 e. The number of piperidine rings is 1. The van der Waals surface area contributed by atoms with Crippen molar-refractivity contribution >= 4 is 12.1 Å². The fourth-order valence-electron chi connectivity index (χ4n) is 2.67. The fourth-order valence-corrected chi connectivity index (χ4v) is 2.67. The molecule has 1 heterocycles. The summed E-state index contributed by atoms with van der Waals surface area (Å²) in [5, 5.41) is 8.98. The van der Waals surface area contributed by atoms with Crippen LogP contribution in [0.2, 0.25) is 0 Å². The van der Waals surface area contributed by atoms with Crippen LogP contribution in [0.25, 0.3) is 0 Å². The highest BCUT2D eigenvalue weighted by Crippen LogP contribution is 2.24. The lowest BCUT2D eigenvalue weighted by Gasteiger charge is -2.29. The Morgan fingerprint density at radius 3 is 2.04 bits per heavy atom. The van der Waals surface area contributed by atoms with Crippen molar-refractivity contribution in [3.63, 3.8) is 0 Å². The van der Waals surface area contributed by atoms with Crippen LogP contribution in [0.5, 0.6) is 17.2 Å². The molecule has 0 aliphatic carbocycles. The van der Waals surface area contributed by atoms with Crippen molar-refractivity contribution in [1.29, 1.82) is 0 Å². The summed E-state index contributed by atoms with van der Waals surface area (Å²) in [5.74, 6) is 0.619. The highest BCUT2D eigenvalue weighted by molar-refractivity contribution is 5.73. The Bertz CT molecular complexity index is 721. The van der Waals surface area contributed by atoms with Gasteiger partial charge in [0.05, 0.1) is 5.92 Å². The molecular formula is C19H19NO5. The molecule has 2 aromatic carbocycles. The van der Waals surface area contributed by atoms with E-state index in [9.17, 15) is 9.59 Å². The highest BCUT2D eigenvalue weighted by atomic mass is 16.6. The maximum atomic E-state index is 12.1. The van der Waals surface area contributed by atoms with Crippen LogP contribution in [-0.4, -0.2) is 35.2 Å². The van der Waals surface area contributed by atoms with Gasteiger partial charge in [-0.3, -0.25) is 4.79 Å². The number of carbonyl (C=O) groups excluding carboxylic acids is 1. The number of carboxylic acid groups (broad SMARTS) is 1. The van der Waals surface area contributed by atoms with Crippen molar-refractivity contribution in [2.45, 2.75) is 12.8 Å². The number of aliphatic carboxylic acids is 1. The highest BCUT2D eigenvalue weighted by Gasteiger charge is 2.27. The van der Waals surface area contributed by atoms with Gasteiger partial charge in [0.15, 0.2) is 0 Å². The molecule has 25 heavy (non-hydrogen) atoms. The third kappa shape index (κ3) is 4.50. The predicted octanol–water partition coefficient (Wildman–Crippen LogP) is 3.77. The zero-order valence-electron chi connectivity index (χ0n) is 13.6. The van der Waals surface area contributed by atoms with E-state index in [0.717, 1.165) is 5.75 Å². The van der Waals surface area contributed by atoms with Crippen LogP contribution in [-0.2, 0) is 4.79 Å². The van der Waals surface area contributed by atoms with Crippen LogP contribution in [0, 0.1) is 5.92 Å². The number of ether oxygens (including phenoxy) is 2. The summed E-state index contributed by atoms with van der Waals surface area (Å²) >= 11 is 0. The van der Waals surface area contributed by atoms with Crippen LogP contribution >= 0.6 is 0 Å². The van der Waals surface area contributed by atoms with Crippen molar-refractivity contribution in [2.75, 3.05) is 13.1 Å². The molecule has 1 aliphatic rings. The van der Waals surface area contributed by atoms with E-state index in [2.05, 4.69) is 0 Å². The molecule has 1 saturated heterocycles. The van der Waals surface area contributed by atoms with E-state index in [0.29, 0.717) is 37.4 Å². The molecule has 1 fully saturated rings. The molecule has 1 N–H and O–H groups in total. The first-order chi connectivity index (χ1) is 12.1. The van der Waals surface area contributed by atoms with E-state index < -0.39 is 12.1 Å². The summed E-state index contributed by atoms with van der Waals surface area (Å²) in [6.07, 6.45) is 0.448. The molecule has 2 aromatic rings.